The maximum Gasteiger partial charge on any atom is 0.341 e. The maximum atomic E-state index is 15.1. The standard InChI is InChI=1S/C19H21FN2O6/c1-28-18-15-10(17(25)11(19(26)27)7-22(15)9-2-3-9)6-12(20)16(18)21-5-4-13(23)14(24)8-21/h6-7,9,13-14,23-24H,2-5,8H2,1H3,(H,26,27). The lowest BCUT2D eigenvalue weighted by Crippen LogP contribution is -2.47. The molecular formula is C19H21FN2O6. The number of methoxy groups -OCH3 is 1. The SMILES string of the molecule is COc1c(N2CCC(O)C(O)C2)c(F)cc2c(=O)c(C(=O)O)cn(C3CC3)c12. The lowest BCUT2D eigenvalue weighted by atomic mass is 10.0. The number of piperidine rings is 1. The third-order valence-electron chi connectivity index (χ3n) is 5.44. The predicted octanol–water partition coefficient (Wildman–Crippen LogP) is 1.11. The van der Waals surface area contributed by atoms with Crippen molar-refractivity contribution in [3.8, 4) is 5.75 Å². The first kappa shape index (κ1) is 18.7. The molecule has 28 heavy (non-hydrogen) atoms. The van der Waals surface area contributed by atoms with E-state index in [-0.39, 0.29) is 35.8 Å². The summed E-state index contributed by atoms with van der Waals surface area (Å²) in [7, 11) is 1.36. The van der Waals surface area contributed by atoms with E-state index >= 15 is 4.39 Å². The molecule has 0 radical (unpaired) electrons. The van der Waals surface area contributed by atoms with Gasteiger partial charge in [-0.1, -0.05) is 0 Å². The summed E-state index contributed by atoms with van der Waals surface area (Å²) in [4.78, 5) is 25.7. The molecule has 0 spiro atoms. The number of pyridine rings is 1. The van der Waals surface area contributed by atoms with Crippen LogP contribution in [-0.4, -0.2) is 58.3 Å². The number of fused-ring (bicyclic) bond motifs is 1. The van der Waals surface area contributed by atoms with Crippen LogP contribution in [0.4, 0.5) is 10.1 Å². The molecule has 1 aromatic carbocycles. The molecule has 2 fully saturated rings. The molecule has 2 aliphatic rings. The first-order chi connectivity index (χ1) is 13.3. The van der Waals surface area contributed by atoms with Crippen molar-refractivity contribution in [3.05, 3.63) is 33.9 Å². The molecule has 0 bridgehead atoms. The van der Waals surface area contributed by atoms with Gasteiger partial charge in [0.25, 0.3) is 0 Å². The van der Waals surface area contributed by atoms with E-state index < -0.39 is 35.0 Å². The number of β-amino-alcohol motifs (C(OH)–C–C–N with tert-alkyl or cyclic N) is 1. The van der Waals surface area contributed by atoms with Crippen LogP contribution in [-0.2, 0) is 0 Å². The zero-order chi connectivity index (χ0) is 20.2. The molecule has 1 aliphatic carbocycles. The zero-order valence-corrected chi connectivity index (χ0v) is 15.3. The molecule has 2 heterocycles. The number of anilines is 1. The lowest BCUT2D eigenvalue weighted by Gasteiger charge is -2.36. The number of halogens is 1. The van der Waals surface area contributed by atoms with Crippen LogP contribution in [0.1, 0.15) is 35.7 Å². The molecule has 2 aromatic rings. The summed E-state index contributed by atoms with van der Waals surface area (Å²) in [6.07, 6.45) is 1.28. The van der Waals surface area contributed by atoms with Gasteiger partial charge >= 0.3 is 5.97 Å². The van der Waals surface area contributed by atoms with Crippen LogP contribution in [0.3, 0.4) is 0 Å². The Bertz CT molecular complexity index is 1020. The number of hydrogen-bond acceptors (Lipinski definition) is 6. The number of carboxylic acid groups (broad SMARTS) is 1. The summed E-state index contributed by atoms with van der Waals surface area (Å²) in [5.41, 5.74) is -0.739. The molecule has 1 saturated heterocycles. The number of benzene rings is 1. The molecule has 3 N–H and O–H groups in total. The van der Waals surface area contributed by atoms with Crippen molar-refractivity contribution in [3.63, 3.8) is 0 Å². The third-order valence-corrected chi connectivity index (χ3v) is 5.44. The number of carbonyl (C=O) groups is 1. The van der Waals surface area contributed by atoms with Crippen LogP contribution in [0.5, 0.6) is 5.75 Å². The van der Waals surface area contributed by atoms with Gasteiger partial charge < -0.3 is 29.5 Å². The van der Waals surface area contributed by atoms with E-state index in [1.165, 1.54) is 13.3 Å². The number of aromatic nitrogens is 1. The quantitative estimate of drug-likeness (QED) is 0.715. The van der Waals surface area contributed by atoms with Gasteiger partial charge in [-0.2, -0.15) is 0 Å². The number of aromatic carboxylic acids is 1. The molecule has 1 aliphatic heterocycles. The number of nitrogens with zero attached hydrogens (tertiary/aromatic N) is 2. The molecule has 1 saturated carbocycles. The number of ether oxygens (including phenoxy) is 1. The highest BCUT2D eigenvalue weighted by Crippen LogP contribution is 2.44. The molecule has 0 amide bonds. The summed E-state index contributed by atoms with van der Waals surface area (Å²) in [5.74, 6) is -1.98. The van der Waals surface area contributed by atoms with E-state index in [0.29, 0.717) is 12.1 Å². The molecule has 2 atom stereocenters. The zero-order valence-electron chi connectivity index (χ0n) is 15.3. The Balaban J connectivity index is 1.99. The van der Waals surface area contributed by atoms with Crippen molar-refractivity contribution in [1.29, 1.82) is 0 Å². The van der Waals surface area contributed by atoms with Crippen LogP contribution in [0.25, 0.3) is 10.9 Å². The minimum Gasteiger partial charge on any atom is -0.492 e. The fraction of sp³-hybridized carbons (Fsp3) is 0.474. The van der Waals surface area contributed by atoms with Gasteiger partial charge in [0, 0.05) is 25.3 Å². The van der Waals surface area contributed by atoms with Gasteiger partial charge in [-0.05, 0) is 25.3 Å². The monoisotopic (exact) mass is 392 g/mol. The normalized spacial score (nSPS) is 22.5. The molecule has 4 rings (SSSR count). The highest BCUT2D eigenvalue weighted by Gasteiger charge is 2.33. The number of rotatable bonds is 4. The van der Waals surface area contributed by atoms with E-state index in [0.717, 1.165) is 18.9 Å². The van der Waals surface area contributed by atoms with Crippen molar-refractivity contribution < 1.29 is 29.2 Å². The highest BCUT2D eigenvalue weighted by molar-refractivity contribution is 5.97. The van der Waals surface area contributed by atoms with Crippen LogP contribution in [0, 0.1) is 5.82 Å². The molecule has 150 valence electrons. The summed E-state index contributed by atoms with van der Waals surface area (Å²) in [6.45, 7) is 0.318. The summed E-state index contributed by atoms with van der Waals surface area (Å²) < 4.78 is 22.2. The molecule has 9 heteroatoms. The smallest absolute Gasteiger partial charge is 0.341 e. The molecular weight excluding hydrogens is 371 g/mol. The van der Waals surface area contributed by atoms with E-state index in [4.69, 9.17) is 4.74 Å². The largest absolute Gasteiger partial charge is 0.492 e. The lowest BCUT2D eigenvalue weighted by molar-refractivity contribution is 0.00781. The predicted molar refractivity (Wildman–Crippen MR) is 98.8 cm³/mol. The van der Waals surface area contributed by atoms with Crippen molar-refractivity contribution in [2.75, 3.05) is 25.1 Å². The Kier molecular flexibility index (Phi) is 4.51. The van der Waals surface area contributed by atoms with Gasteiger partial charge in [-0.3, -0.25) is 4.79 Å². The Morgan fingerprint density at radius 1 is 1.25 bits per heavy atom. The second-order valence-electron chi connectivity index (χ2n) is 7.32. The van der Waals surface area contributed by atoms with Crippen LogP contribution in [0.2, 0.25) is 0 Å². The first-order valence-electron chi connectivity index (χ1n) is 9.13. The van der Waals surface area contributed by atoms with Gasteiger partial charge in [0.15, 0.2) is 11.6 Å². The molecule has 8 nitrogen and oxygen atoms in total. The second-order valence-corrected chi connectivity index (χ2v) is 7.32. The van der Waals surface area contributed by atoms with E-state index in [1.807, 2.05) is 0 Å². The number of aliphatic hydroxyl groups excluding tert-OH is 2. The molecule has 1 aromatic heterocycles. The minimum absolute atomic E-state index is 0.0147. The number of carboxylic acids is 1. The third kappa shape index (κ3) is 2.91. The van der Waals surface area contributed by atoms with E-state index in [1.54, 1.807) is 9.47 Å². The Morgan fingerprint density at radius 2 is 1.96 bits per heavy atom. The van der Waals surface area contributed by atoms with Crippen molar-refractivity contribution >= 4 is 22.6 Å². The Morgan fingerprint density at radius 3 is 2.54 bits per heavy atom. The Hall–Kier alpha value is -2.65. The first-order valence-corrected chi connectivity index (χ1v) is 9.13. The van der Waals surface area contributed by atoms with Gasteiger partial charge in [-0.25, -0.2) is 9.18 Å². The Labute approximate surface area is 159 Å². The maximum absolute atomic E-state index is 15.1. The van der Waals surface area contributed by atoms with Crippen LogP contribution >= 0.6 is 0 Å². The topological polar surface area (TPSA) is 112 Å². The van der Waals surface area contributed by atoms with Gasteiger partial charge in [0.1, 0.15) is 11.3 Å². The summed E-state index contributed by atoms with van der Waals surface area (Å²) in [6, 6.07) is 1.06. The van der Waals surface area contributed by atoms with Gasteiger partial charge in [-0.15, -0.1) is 0 Å². The average molecular weight is 392 g/mol. The highest BCUT2D eigenvalue weighted by atomic mass is 19.1. The van der Waals surface area contributed by atoms with Crippen LogP contribution in [0.15, 0.2) is 17.1 Å². The number of aliphatic hydroxyl groups is 2. The summed E-state index contributed by atoms with van der Waals surface area (Å²) in [5, 5.41) is 29.1. The van der Waals surface area contributed by atoms with Crippen molar-refractivity contribution in [1.82, 2.24) is 4.57 Å². The van der Waals surface area contributed by atoms with E-state index in [9.17, 15) is 24.9 Å². The van der Waals surface area contributed by atoms with Crippen molar-refractivity contribution in [2.24, 2.45) is 0 Å². The minimum atomic E-state index is -1.36. The number of hydrogen-bond donors (Lipinski definition) is 3. The van der Waals surface area contributed by atoms with Crippen molar-refractivity contribution in [2.45, 2.75) is 37.5 Å². The van der Waals surface area contributed by atoms with E-state index in [2.05, 4.69) is 0 Å². The van der Waals surface area contributed by atoms with Crippen LogP contribution < -0.4 is 15.1 Å². The van der Waals surface area contributed by atoms with Gasteiger partial charge in [0.2, 0.25) is 5.43 Å². The average Bonchev–Trinajstić information content (AvgIpc) is 3.48. The molecule has 2 unspecified atom stereocenters. The second kappa shape index (κ2) is 6.75. The van der Waals surface area contributed by atoms with Gasteiger partial charge in [0.05, 0.1) is 30.2 Å². The fourth-order valence-corrected chi connectivity index (χ4v) is 3.85. The fourth-order valence-electron chi connectivity index (χ4n) is 3.85. The summed E-state index contributed by atoms with van der Waals surface area (Å²) >= 11 is 0.